The third kappa shape index (κ3) is 3.69. The molecule has 0 saturated carbocycles. The van der Waals surface area contributed by atoms with Gasteiger partial charge in [-0.2, -0.15) is 0 Å². The van der Waals surface area contributed by atoms with Crippen molar-refractivity contribution < 1.29 is 13.9 Å². The van der Waals surface area contributed by atoms with Crippen molar-refractivity contribution in [2.24, 2.45) is 5.11 Å². The minimum Gasteiger partial charge on any atom is -0.390 e. The van der Waals surface area contributed by atoms with Crippen LogP contribution in [0.25, 0.3) is 10.4 Å². The van der Waals surface area contributed by atoms with Crippen molar-refractivity contribution in [3.63, 3.8) is 0 Å². The van der Waals surface area contributed by atoms with Crippen molar-refractivity contribution in [2.45, 2.75) is 5.92 Å². The maximum Gasteiger partial charge on any atom is 0.276 e. The van der Waals surface area contributed by atoms with Crippen molar-refractivity contribution in [1.29, 1.82) is 0 Å². The maximum atomic E-state index is 11.8. The first-order valence-corrected chi connectivity index (χ1v) is 2.12. The maximum absolute atomic E-state index is 11.8. The lowest BCUT2D eigenvalue weighted by atomic mass is 10.4. The molecule has 0 radical (unpaired) electrons. The van der Waals surface area contributed by atoms with E-state index in [1.807, 2.05) is 0 Å². The van der Waals surface area contributed by atoms with E-state index >= 15 is 0 Å². The Bertz CT molecular complexity index is 131. The second-order valence-electron chi connectivity index (χ2n) is 1.40. The van der Waals surface area contributed by atoms with Gasteiger partial charge in [-0.05, 0) is 5.53 Å². The predicted molar refractivity (Wildman–Crippen MR) is 26.0 cm³/mol. The lowest BCUT2D eigenvalue weighted by Crippen LogP contribution is -2.24. The standard InChI is InChI=1S/C3H5F2N3O/c4-3(5,2-9)1-7-8-6/h9H,1-2H2. The number of halogens is 2. The Hall–Kier alpha value is -0.870. The number of hydrogen-bond acceptors (Lipinski definition) is 2. The van der Waals surface area contributed by atoms with Gasteiger partial charge in [-0.1, -0.05) is 5.11 Å². The summed E-state index contributed by atoms with van der Waals surface area (Å²) in [6.45, 7) is -2.27. The number of azide groups is 1. The molecule has 0 saturated heterocycles. The largest absolute Gasteiger partial charge is 0.390 e. The molecule has 0 heterocycles. The van der Waals surface area contributed by atoms with Crippen LogP contribution in [0.3, 0.4) is 0 Å². The Morgan fingerprint density at radius 1 is 1.67 bits per heavy atom. The number of hydrogen-bond donors (Lipinski definition) is 1. The van der Waals surface area contributed by atoms with E-state index in [2.05, 4.69) is 10.0 Å². The summed E-state index contributed by atoms with van der Waals surface area (Å²) in [7, 11) is 0. The monoisotopic (exact) mass is 137 g/mol. The molecule has 0 aromatic heterocycles. The van der Waals surface area contributed by atoms with Crippen LogP contribution in [0.1, 0.15) is 0 Å². The van der Waals surface area contributed by atoms with Crippen LogP contribution in [0.15, 0.2) is 5.11 Å². The molecule has 1 N–H and O–H groups in total. The van der Waals surface area contributed by atoms with Gasteiger partial charge in [0.25, 0.3) is 5.92 Å². The average molecular weight is 137 g/mol. The van der Waals surface area contributed by atoms with Crippen molar-refractivity contribution in [1.82, 2.24) is 0 Å². The lowest BCUT2D eigenvalue weighted by Gasteiger charge is -2.07. The highest BCUT2D eigenvalue weighted by Crippen LogP contribution is 2.11. The highest BCUT2D eigenvalue weighted by molar-refractivity contribution is 4.66. The topological polar surface area (TPSA) is 69.0 Å². The van der Waals surface area contributed by atoms with E-state index in [-0.39, 0.29) is 0 Å². The van der Waals surface area contributed by atoms with Gasteiger partial charge in [0.15, 0.2) is 0 Å². The molecule has 0 unspecified atom stereocenters. The Labute approximate surface area is 49.7 Å². The van der Waals surface area contributed by atoms with Gasteiger partial charge in [-0.25, -0.2) is 8.78 Å². The number of rotatable bonds is 3. The molecule has 0 fully saturated rings. The number of aliphatic hydroxyl groups excluding tert-OH is 1. The van der Waals surface area contributed by atoms with Crippen LogP contribution in [0.4, 0.5) is 8.78 Å². The van der Waals surface area contributed by atoms with Crippen LogP contribution in [0.2, 0.25) is 0 Å². The zero-order valence-corrected chi connectivity index (χ0v) is 4.46. The quantitative estimate of drug-likeness (QED) is 0.350. The lowest BCUT2D eigenvalue weighted by molar-refractivity contribution is -0.0407. The molecule has 9 heavy (non-hydrogen) atoms. The molecule has 0 atom stereocenters. The van der Waals surface area contributed by atoms with Gasteiger partial charge in [0, 0.05) is 4.91 Å². The molecule has 0 aliphatic rings. The molecule has 0 rings (SSSR count). The molecule has 0 aliphatic heterocycles. The van der Waals surface area contributed by atoms with Crippen molar-refractivity contribution in [2.75, 3.05) is 13.2 Å². The van der Waals surface area contributed by atoms with E-state index < -0.39 is 19.1 Å². The van der Waals surface area contributed by atoms with E-state index in [0.29, 0.717) is 0 Å². The smallest absolute Gasteiger partial charge is 0.276 e. The van der Waals surface area contributed by atoms with E-state index in [1.54, 1.807) is 0 Å². The summed E-state index contributed by atoms with van der Waals surface area (Å²) >= 11 is 0. The van der Waals surface area contributed by atoms with Gasteiger partial charge < -0.3 is 5.11 Å². The SMILES string of the molecule is [N-]=[N+]=NCC(F)(F)CO. The fourth-order valence-electron chi connectivity index (χ4n) is 0.185. The molecule has 0 bridgehead atoms. The molecule has 0 aromatic carbocycles. The first kappa shape index (κ1) is 8.13. The molecule has 0 spiro atoms. The van der Waals surface area contributed by atoms with Crippen LogP contribution in [-0.4, -0.2) is 24.2 Å². The summed E-state index contributed by atoms with van der Waals surface area (Å²) in [6, 6.07) is 0. The van der Waals surface area contributed by atoms with E-state index in [1.165, 1.54) is 0 Å². The summed E-state index contributed by atoms with van der Waals surface area (Å²) < 4.78 is 23.6. The second kappa shape index (κ2) is 3.21. The van der Waals surface area contributed by atoms with Gasteiger partial charge in [-0.3, -0.25) is 0 Å². The molecule has 0 aliphatic carbocycles. The molecule has 0 amide bonds. The molecular weight excluding hydrogens is 132 g/mol. The summed E-state index contributed by atoms with van der Waals surface area (Å²) in [5.41, 5.74) is 7.57. The highest BCUT2D eigenvalue weighted by atomic mass is 19.3. The third-order valence-electron chi connectivity index (χ3n) is 0.597. The van der Waals surface area contributed by atoms with Crippen LogP contribution >= 0.6 is 0 Å². The molecule has 6 heteroatoms. The summed E-state index contributed by atoms with van der Waals surface area (Å²) in [4.78, 5) is 2.10. The van der Waals surface area contributed by atoms with Crippen LogP contribution in [0.5, 0.6) is 0 Å². The predicted octanol–water partition coefficient (Wildman–Crippen LogP) is 0.924. The number of nitrogens with zero attached hydrogens (tertiary/aromatic N) is 3. The van der Waals surface area contributed by atoms with Crippen LogP contribution in [-0.2, 0) is 0 Å². The molecule has 52 valence electrons. The normalized spacial score (nSPS) is 10.6. The Balaban J connectivity index is 3.71. The van der Waals surface area contributed by atoms with E-state index in [9.17, 15) is 8.78 Å². The fourth-order valence-corrected chi connectivity index (χ4v) is 0.185. The summed E-state index contributed by atoms with van der Waals surface area (Å²) in [5, 5.41) is 10.5. The fraction of sp³-hybridized carbons (Fsp3) is 1.00. The second-order valence-corrected chi connectivity index (χ2v) is 1.40. The van der Waals surface area contributed by atoms with Crippen LogP contribution in [0, 0.1) is 0 Å². The molecular formula is C3H5F2N3O. The van der Waals surface area contributed by atoms with Gasteiger partial charge in [-0.15, -0.1) is 0 Å². The summed E-state index contributed by atoms with van der Waals surface area (Å²) in [5.74, 6) is -3.27. The van der Waals surface area contributed by atoms with Gasteiger partial charge in [0.05, 0.1) is 6.54 Å². The van der Waals surface area contributed by atoms with Gasteiger partial charge in [0.2, 0.25) is 0 Å². The Kier molecular flexibility index (Phi) is 2.90. The zero-order valence-electron chi connectivity index (χ0n) is 4.46. The third-order valence-corrected chi connectivity index (χ3v) is 0.597. The van der Waals surface area contributed by atoms with Crippen molar-refractivity contribution in [3.8, 4) is 0 Å². The van der Waals surface area contributed by atoms with Gasteiger partial charge in [0.1, 0.15) is 6.61 Å². The first-order chi connectivity index (χ1) is 4.12. The minimum absolute atomic E-state index is 0.986. The van der Waals surface area contributed by atoms with Crippen molar-refractivity contribution in [3.05, 3.63) is 10.4 Å². The minimum atomic E-state index is -3.27. The highest BCUT2D eigenvalue weighted by Gasteiger charge is 2.25. The Morgan fingerprint density at radius 3 is 2.56 bits per heavy atom. The Morgan fingerprint density at radius 2 is 2.22 bits per heavy atom. The van der Waals surface area contributed by atoms with Crippen molar-refractivity contribution >= 4 is 0 Å². The van der Waals surface area contributed by atoms with E-state index in [0.717, 1.165) is 0 Å². The average Bonchev–Trinajstić information content (AvgIpc) is 1.84. The molecule has 0 aromatic rings. The van der Waals surface area contributed by atoms with Gasteiger partial charge >= 0.3 is 0 Å². The number of alkyl halides is 2. The number of aliphatic hydroxyl groups is 1. The summed E-state index contributed by atoms with van der Waals surface area (Å²) in [6.07, 6.45) is 0. The first-order valence-electron chi connectivity index (χ1n) is 2.12. The zero-order chi connectivity index (χ0) is 7.33. The van der Waals surface area contributed by atoms with E-state index in [4.69, 9.17) is 10.6 Å². The molecule has 4 nitrogen and oxygen atoms in total. The van der Waals surface area contributed by atoms with Crippen LogP contribution < -0.4 is 0 Å².